The van der Waals surface area contributed by atoms with Crippen LogP contribution in [0, 0.1) is 5.92 Å². The van der Waals surface area contributed by atoms with Gasteiger partial charge >= 0.3 is 0 Å². The molecule has 0 aliphatic heterocycles. The minimum absolute atomic E-state index is 0.624. The third-order valence-electron chi connectivity index (χ3n) is 2.93. The lowest BCUT2D eigenvalue weighted by molar-refractivity contribution is 0.559. The van der Waals surface area contributed by atoms with E-state index in [9.17, 15) is 0 Å². The molecule has 0 fully saturated rings. The van der Waals surface area contributed by atoms with Gasteiger partial charge in [0.15, 0.2) is 0 Å². The zero-order valence-electron chi connectivity index (χ0n) is 8.96. The maximum atomic E-state index is 6.19. The third kappa shape index (κ3) is 2.42. The Hall–Kier alpha value is -0.790. The van der Waals surface area contributed by atoms with Crippen molar-refractivity contribution in [3.8, 4) is 0 Å². The highest BCUT2D eigenvalue weighted by Crippen LogP contribution is 2.27. The largest absolute Gasteiger partial charge is 0.319 e. The summed E-state index contributed by atoms with van der Waals surface area (Å²) in [6.07, 6.45) is 6.75. The molecule has 0 radical (unpaired) electrons. The van der Waals surface area contributed by atoms with Crippen molar-refractivity contribution in [3.63, 3.8) is 0 Å². The molecule has 1 aliphatic rings. The van der Waals surface area contributed by atoms with Gasteiger partial charge in [-0.05, 0) is 43.0 Å². The fraction of sp³-hybridized carbons (Fsp3) is 0.385. The van der Waals surface area contributed by atoms with Crippen LogP contribution in [0.25, 0.3) is 6.08 Å². The molecule has 1 nitrogen and oxygen atoms in total. The molecule has 1 aliphatic carbocycles. The second-order valence-electron chi connectivity index (χ2n) is 4.02. The molecule has 2 heteroatoms. The van der Waals surface area contributed by atoms with E-state index in [-0.39, 0.29) is 0 Å². The smallest absolute Gasteiger partial charge is 0.0443 e. The summed E-state index contributed by atoms with van der Waals surface area (Å²) in [7, 11) is 2.00. The standard InChI is InChI=1S/C13H16ClN/c1-15-9-10-5-7-11-3-2-4-13(14)12(11)8-6-10/h2-5,7,10,15H,6,8-9H2,1H3. The van der Waals surface area contributed by atoms with Crippen molar-refractivity contribution >= 4 is 17.7 Å². The first kappa shape index (κ1) is 10.7. The van der Waals surface area contributed by atoms with Crippen LogP contribution in [-0.2, 0) is 6.42 Å². The maximum absolute atomic E-state index is 6.19. The highest BCUT2D eigenvalue weighted by molar-refractivity contribution is 6.31. The third-order valence-corrected chi connectivity index (χ3v) is 3.29. The maximum Gasteiger partial charge on any atom is 0.0443 e. The van der Waals surface area contributed by atoms with Gasteiger partial charge in [0, 0.05) is 11.6 Å². The van der Waals surface area contributed by atoms with Crippen LogP contribution in [-0.4, -0.2) is 13.6 Å². The zero-order valence-corrected chi connectivity index (χ0v) is 9.72. The topological polar surface area (TPSA) is 12.0 Å². The lowest BCUT2D eigenvalue weighted by Crippen LogP contribution is -2.17. The van der Waals surface area contributed by atoms with Gasteiger partial charge in [-0.1, -0.05) is 35.9 Å². The first-order chi connectivity index (χ1) is 7.31. The van der Waals surface area contributed by atoms with Crippen molar-refractivity contribution in [2.75, 3.05) is 13.6 Å². The molecule has 0 saturated carbocycles. The highest BCUT2D eigenvalue weighted by Gasteiger charge is 2.12. The molecule has 1 aromatic carbocycles. The van der Waals surface area contributed by atoms with Crippen LogP contribution in [0.3, 0.4) is 0 Å². The number of benzene rings is 1. The summed E-state index contributed by atoms with van der Waals surface area (Å²) >= 11 is 6.19. The summed E-state index contributed by atoms with van der Waals surface area (Å²) < 4.78 is 0. The van der Waals surface area contributed by atoms with Gasteiger partial charge in [0.05, 0.1) is 0 Å². The molecule has 2 rings (SSSR count). The van der Waals surface area contributed by atoms with Crippen LogP contribution in [0.1, 0.15) is 17.5 Å². The number of hydrogen-bond acceptors (Lipinski definition) is 1. The van der Waals surface area contributed by atoms with Crippen molar-refractivity contribution in [3.05, 3.63) is 40.4 Å². The Kier molecular flexibility index (Phi) is 3.45. The predicted octanol–water partition coefficient (Wildman–Crippen LogP) is 3.14. The Bertz CT molecular complexity index is 371. The van der Waals surface area contributed by atoms with Crippen LogP contribution in [0.4, 0.5) is 0 Å². The lowest BCUT2D eigenvalue weighted by Gasteiger charge is -2.10. The first-order valence-electron chi connectivity index (χ1n) is 5.41. The quantitative estimate of drug-likeness (QED) is 0.809. The number of fused-ring (bicyclic) bond motifs is 1. The Morgan fingerprint density at radius 2 is 2.33 bits per heavy atom. The second-order valence-corrected chi connectivity index (χ2v) is 4.43. The van der Waals surface area contributed by atoms with Crippen molar-refractivity contribution in [2.24, 2.45) is 5.92 Å². The normalized spacial score (nSPS) is 19.7. The number of nitrogens with one attached hydrogen (secondary N) is 1. The summed E-state index contributed by atoms with van der Waals surface area (Å²) in [5, 5.41) is 4.13. The summed E-state index contributed by atoms with van der Waals surface area (Å²) in [5.41, 5.74) is 2.58. The van der Waals surface area contributed by atoms with Crippen LogP contribution >= 0.6 is 11.6 Å². The van der Waals surface area contributed by atoms with Crippen molar-refractivity contribution in [2.45, 2.75) is 12.8 Å². The highest BCUT2D eigenvalue weighted by atomic mass is 35.5. The molecule has 0 aromatic heterocycles. The van der Waals surface area contributed by atoms with Crippen molar-refractivity contribution in [1.29, 1.82) is 0 Å². The fourth-order valence-corrected chi connectivity index (χ4v) is 2.37. The Balaban J connectivity index is 2.24. The molecule has 1 atom stereocenters. The Morgan fingerprint density at radius 3 is 3.13 bits per heavy atom. The van der Waals surface area contributed by atoms with Crippen LogP contribution in [0.5, 0.6) is 0 Å². The van der Waals surface area contributed by atoms with Crippen LogP contribution in [0.15, 0.2) is 24.3 Å². The van der Waals surface area contributed by atoms with E-state index < -0.39 is 0 Å². The van der Waals surface area contributed by atoms with E-state index in [0.717, 1.165) is 18.0 Å². The average Bonchev–Trinajstić information content (AvgIpc) is 2.43. The lowest BCUT2D eigenvalue weighted by atomic mass is 10.0. The molecule has 15 heavy (non-hydrogen) atoms. The molecule has 0 saturated heterocycles. The van der Waals surface area contributed by atoms with E-state index in [1.807, 2.05) is 19.2 Å². The Morgan fingerprint density at radius 1 is 1.47 bits per heavy atom. The van der Waals surface area contributed by atoms with E-state index in [1.54, 1.807) is 0 Å². The van der Waals surface area contributed by atoms with E-state index in [4.69, 9.17) is 11.6 Å². The minimum atomic E-state index is 0.624. The van der Waals surface area contributed by atoms with Gasteiger partial charge in [0.25, 0.3) is 0 Å². The molecule has 0 heterocycles. The summed E-state index contributed by atoms with van der Waals surface area (Å²) in [5.74, 6) is 0.624. The Labute approximate surface area is 96.1 Å². The van der Waals surface area contributed by atoms with Crippen LogP contribution < -0.4 is 5.32 Å². The van der Waals surface area contributed by atoms with Gasteiger partial charge in [-0.25, -0.2) is 0 Å². The molecular weight excluding hydrogens is 206 g/mol. The molecule has 1 unspecified atom stereocenters. The summed E-state index contributed by atoms with van der Waals surface area (Å²) in [4.78, 5) is 0. The van der Waals surface area contributed by atoms with E-state index in [1.165, 1.54) is 17.5 Å². The number of hydrogen-bond donors (Lipinski definition) is 1. The number of rotatable bonds is 2. The molecule has 0 amide bonds. The first-order valence-corrected chi connectivity index (χ1v) is 5.79. The van der Waals surface area contributed by atoms with Gasteiger partial charge in [-0.15, -0.1) is 0 Å². The van der Waals surface area contributed by atoms with Gasteiger partial charge < -0.3 is 5.32 Å². The SMILES string of the molecule is CNCC1C=Cc2cccc(Cl)c2CC1. The molecule has 1 N–H and O–H groups in total. The van der Waals surface area contributed by atoms with Gasteiger partial charge in [0.1, 0.15) is 0 Å². The van der Waals surface area contributed by atoms with Gasteiger partial charge in [-0.3, -0.25) is 0 Å². The van der Waals surface area contributed by atoms with E-state index >= 15 is 0 Å². The van der Waals surface area contributed by atoms with Crippen LogP contribution in [0.2, 0.25) is 5.02 Å². The van der Waals surface area contributed by atoms with E-state index in [2.05, 4.69) is 23.5 Å². The molecular formula is C13H16ClN. The van der Waals surface area contributed by atoms with E-state index in [0.29, 0.717) is 5.92 Å². The molecule has 80 valence electrons. The number of halogens is 1. The molecule has 0 bridgehead atoms. The summed E-state index contributed by atoms with van der Waals surface area (Å²) in [6.45, 7) is 1.04. The monoisotopic (exact) mass is 221 g/mol. The average molecular weight is 222 g/mol. The van der Waals surface area contributed by atoms with Crippen molar-refractivity contribution < 1.29 is 0 Å². The molecule has 1 aromatic rings. The zero-order chi connectivity index (χ0) is 10.7. The molecule has 0 spiro atoms. The van der Waals surface area contributed by atoms with Crippen molar-refractivity contribution in [1.82, 2.24) is 5.32 Å². The minimum Gasteiger partial charge on any atom is -0.319 e. The second kappa shape index (κ2) is 4.82. The van der Waals surface area contributed by atoms with Gasteiger partial charge in [0.2, 0.25) is 0 Å². The van der Waals surface area contributed by atoms with Gasteiger partial charge in [-0.2, -0.15) is 0 Å². The fourth-order valence-electron chi connectivity index (χ4n) is 2.09. The summed E-state index contributed by atoms with van der Waals surface area (Å²) in [6, 6.07) is 6.13. The predicted molar refractivity (Wildman–Crippen MR) is 66.2 cm³/mol.